The van der Waals surface area contributed by atoms with Crippen LogP contribution in [0.5, 0.6) is 0 Å². The fourth-order valence-corrected chi connectivity index (χ4v) is 4.32. The monoisotopic (exact) mass is 428 g/mol. The van der Waals surface area contributed by atoms with E-state index < -0.39 is 0 Å². The van der Waals surface area contributed by atoms with Crippen LogP contribution in [0, 0.1) is 0 Å². The fraction of sp³-hybridized carbons (Fsp3) is 0.250. The van der Waals surface area contributed by atoms with Gasteiger partial charge < -0.3 is 4.42 Å². The summed E-state index contributed by atoms with van der Waals surface area (Å²) in [7, 11) is 0. The molecular weight excluding hydrogens is 412 g/mol. The molecule has 0 radical (unpaired) electrons. The Balaban J connectivity index is 1.48. The van der Waals surface area contributed by atoms with Gasteiger partial charge in [-0.2, -0.15) is 0 Å². The summed E-state index contributed by atoms with van der Waals surface area (Å²) in [6.45, 7) is 1.88. The van der Waals surface area contributed by atoms with E-state index in [-0.39, 0.29) is 11.0 Å². The van der Waals surface area contributed by atoms with Gasteiger partial charge in [-0.3, -0.25) is 4.79 Å². The standard InChI is InChI=1S/C20H17BrN2O2S/c1-12(18(24)15-9-8-13-4-2-5-14(13)10-15)26-20-23-22-19(25-20)16-6-3-7-17(21)11-16/h3,6-12H,2,4-5H2,1H3. The van der Waals surface area contributed by atoms with Crippen LogP contribution >= 0.6 is 27.7 Å². The summed E-state index contributed by atoms with van der Waals surface area (Å²) in [6, 6.07) is 13.7. The lowest BCUT2D eigenvalue weighted by Crippen LogP contribution is -2.13. The summed E-state index contributed by atoms with van der Waals surface area (Å²) in [5.41, 5.74) is 4.29. The molecule has 132 valence electrons. The second-order valence-corrected chi connectivity index (χ2v) is 8.55. The zero-order chi connectivity index (χ0) is 18.1. The van der Waals surface area contributed by atoms with Crippen LogP contribution in [0.3, 0.4) is 0 Å². The van der Waals surface area contributed by atoms with Crippen molar-refractivity contribution in [3.8, 4) is 11.5 Å². The van der Waals surface area contributed by atoms with Crippen molar-refractivity contribution in [1.82, 2.24) is 10.2 Å². The second kappa shape index (κ2) is 7.37. The fourth-order valence-electron chi connectivity index (χ4n) is 3.16. The molecule has 4 rings (SSSR count). The van der Waals surface area contributed by atoms with Gasteiger partial charge in [0.25, 0.3) is 5.22 Å². The van der Waals surface area contributed by atoms with Crippen molar-refractivity contribution in [3.63, 3.8) is 0 Å². The van der Waals surface area contributed by atoms with Crippen molar-refractivity contribution in [2.45, 2.75) is 36.7 Å². The first-order valence-corrected chi connectivity index (χ1v) is 10.2. The molecule has 4 nitrogen and oxygen atoms in total. The van der Waals surface area contributed by atoms with Gasteiger partial charge in [0.15, 0.2) is 5.78 Å². The number of fused-ring (bicyclic) bond motifs is 1. The predicted molar refractivity (Wildman–Crippen MR) is 106 cm³/mol. The minimum atomic E-state index is -0.287. The Morgan fingerprint density at radius 3 is 2.85 bits per heavy atom. The molecule has 0 fully saturated rings. The molecule has 3 aromatic rings. The number of nitrogens with zero attached hydrogens (tertiary/aromatic N) is 2. The first-order chi connectivity index (χ1) is 12.6. The van der Waals surface area contributed by atoms with E-state index in [1.807, 2.05) is 43.3 Å². The minimum Gasteiger partial charge on any atom is -0.411 e. The van der Waals surface area contributed by atoms with E-state index in [0.29, 0.717) is 11.1 Å². The smallest absolute Gasteiger partial charge is 0.277 e. The van der Waals surface area contributed by atoms with Gasteiger partial charge in [0.1, 0.15) is 0 Å². The highest BCUT2D eigenvalue weighted by Crippen LogP contribution is 2.30. The molecule has 1 unspecified atom stereocenters. The van der Waals surface area contributed by atoms with Crippen molar-refractivity contribution in [2.75, 3.05) is 0 Å². The Morgan fingerprint density at radius 1 is 1.15 bits per heavy atom. The number of rotatable bonds is 5. The Kier molecular flexibility index (Phi) is 4.96. The Bertz CT molecular complexity index is 970. The van der Waals surface area contributed by atoms with Gasteiger partial charge in [0.05, 0.1) is 5.25 Å². The zero-order valence-corrected chi connectivity index (χ0v) is 16.6. The van der Waals surface area contributed by atoms with E-state index in [1.165, 1.54) is 29.3 Å². The SMILES string of the molecule is CC(Sc1nnc(-c2cccc(Br)c2)o1)C(=O)c1ccc2c(c1)CCC2. The maximum Gasteiger partial charge on any atom is 0.277 e. The zero-order valence-electron chi connectivity index (χ0n) is 14.2. The van der Waals surface area contributed by atoms with Crippen molar-refractivity contribution in [2.24, 2.45) is 0 Å². The minimum absolute atomic E-state index is 0.0897. The third-order valence-corrected chi connectivity index (χ3v) is 5.94. The maximum absolute atomic E-state index is 12.8. The maximum atomic E-state index is 12.8. The number of aryl methyl sites for hydroxylation is 2. The van der Waals surface area contributed by atoms with Crippen LogP contribution in [0.15, 0.2) is 56.6 Å². The molecule has 1 heterocycles. The first-order valence-electron chi connectivity index (χ1n) is 8.52. The third kappa shape index (κ3) is 3.62. The number of benzene rings is 2. The number of ketones is 1. The molecule has 0 amide bonds. The van der Waals surface area contributed by atoms with Crippen LogP contribution in [0.25, 0.3) is 11.5 Å². The van der Waals surface area contributed by atoms with Crippen LogP contribution in [-0.4, -0.2) is 21.2 Å². The molecule has 0 saturated heterocycles. The normalized spacial score (nSPS) is 14.2. The highest BCUT2D eigenvalue weighted by Gasteiger charge is 2.22. The molecular formula is C20H17BrN2O2S. The lowest BCUT2D eigenvalue weighted by molar-refractivity contribution is 0.0993. The molecule has 26 heavy (non-hydrogen) atoms. The molecule has 0 bridgehead atoms. The second-order valence-electron chi connectivity index (χ2n) is 6.34. The predicted octanol–water partition coefficient (Wildman–Crippen LogP) is 5.35. The van der Waals surface area contributed by atoms with E-state index in [4.69, 9.17) is 4.42 Å². The number of Topliss-reactive ketones (excluding diaryl/α,β-unsaturated/α-hetero) is 1. The summed E-state index contributed by atoms with van der Waals surface area (Å²) in [6.07, 6.45) is 3.36. The van der Waals surface area contributed by atoms with Crippen molar-refractivity contribution >= 4 is 33.5 Å². The topological polar surface area (TPSA) is 56.0 Å². The van der Waals surface area contributed by atoms with E-state index in [0.717, 1.165) is 28.4 Å². The van der Waals surface area contributed by atoms with Crippen LogP contribution in [-0.2, 0) is 12.8 Å². The molecule has 1 aromatic heterocycles. The number of halogens is 1. The van der Waals surface area contributed by atoms with Crippen molar-refractivity contribution < 1.29 is 9.21 Å². The summed E-state index contributed by atoms with van der Waals surface area (Å²) in [4.78, 5) is 12.8. The van der Waals surface area contributed by atoms with Gasteiger partial charge in [-0.25, -0.2) is 0 Å². The van der Waals surface area contributed by atoms with Gasteiger partial charge in [-0.05, 0) is 61.6 Å². The van der Waals surface area contributed by atoms with Crippen LogP contribution in [0.4, 0.5) is 0 Å². The molecule has 0 aliphatic heterocycles. The number of carbonyl (C=O) groups excluding carboxylic acids is 1. The van der Waals surface area contributed by atoms with E-state index in [9.17, 15) is 4.79 Å². The largest absolute Gasteiger partial charge is 0.411 e. The Labute approximate surface area is 164 Å². The Hall–Kier alpha value is -1.92. The first kappa shape index (κ1) is 17.5. The summed E-state index contributed by atoms with van der Waals surface area (Å²) < 4.78 is 6.67. The molecule has 0 spiro atoms. The average molecular weight is 429 g/mol. The molecule has 6 heteroatoms. The molecule has 1 aliphatic carbocycles. The summed E-state index contributed by atoms with van der Waals surface area (Å²) >= 11 is 4.73. The Morgan fingerprint density at radius 2 is 2.00 bits per heavy atom. The van der Waals surface area contributed by atoms with Crippen LogP contribution in [0.1, 0.15) is 34.8 Å². The number of hydrogen-bond acceptors (Lipinski definition) is 5. The van der Waals surface area contributed by atoms with Crippen molar-refractivity contribution in [1.29, 1.82) is 0 Å². The number of carbonyl (C=O) groups is 1. The van der Waals surface area contributed by atoms with Gasteiger partial charge in [-0.15, -0.1) is 10.2 Å². The van der Waals surface area contributed by atoms with Gasteiger partial charge in [0.2, 0.25) is 5.89 Å². The molecule has 1 atom stereocenters. The van der Waals surface area contributed by atoms with E-state index in [2.05, 4.69) is 32.2 Å². The van der Waals surface area contributed by atoms with E-state index >= 15 is 0 Å². The van der Waals surface area contributed by atoms with Crippen molar-refractivity contribution in [3.05, 3.63) is 63.6 Å². The summed E-state index contributed by atoms with van der Waals surface area (Å²) in [5.74, 6) is 0.540. The lowest BCUT2D eigenvalue weighted by Gasteiger charge is -2.09. The summed E-state index contributed by atoms with van der Waals surface area (Å²) in [5, 5.41) is 8.28. The van der Waals surface area contributed by atoms with Gasteiger partial charge in [0, 0.05) is 15.6 Å². The highest BCUT2D eigenvalue weighted by atomic mass is 79.9. The molecule has 0 saturated carbocycles. The average Bonchev–Trinajstić information content (AvgIpc) is 3.29. The lowest BCUT2D eigenvalue weighted by atomic mass is 10.0. The van der Waals surface area contributed by atoms with E-state index in [1.54, 1.807) is 0 Å². The highest BCUT2D eigenvalue weighted by molar-refractivity contribution is 9.10. The van der Waals surface area contributed by atoms with Crippen LogP contribution in [0.2, 0.25) is 0 Å². The van der Waals surface area contributed by atoms with Crippen LogP contribution < -0.4 is 0 Å². The third-order valence-electron chi connectivity index (χ3n) is 4.51. The molecule has 2 aromatic carbocycles. The molecule has 1 aliphatic rings. The number of thioether (sulfide) groups is 1. The van der Waals surface area contributed by atoms with Gasteiger partial charge in [-0.1, -0.05) is 45.9 Å². The quantitative estimate of drug-likeness (QED) is 0.404. The van der Waals surface area contributed by atoms with Gasteiger partial charge >= 0.3 is 0 Å². The number of aromatic nitrogens is 2. The molecule has 0 N–H and O–H groups in total. The number of hydrogen-bond donors (Lipinski definition) is 0.